The zero-order valence-corrected chi connectivity index (χ0v) is 19.1. The van der Waals surface area contributed by atoms with Crippen LogP contribution in [-0.2, 0) is 17.7 Å². The molecule has 1 aliphatic carbocycles. The SMILES string of the molecule is C[N+]1(Cc2[nH]c3cccc4c3c2C[C@@H]2C4C[C@@H](CO)CN2C#N)CCOCC1.[I-]. The first kappa shape index (κ1) is 20.9. The van der Waals surface area contributed by atoms with Crippen molar-refractivity contribution in [2.24, 2.45) is 5.92 Å². The molecule has 0 saturated carbocycles. The van der Waals surface area contributed by atoms with Gasteiger partial charge in [-0.15, -0.1) is 0 Å². The third kappa shape index (κ3) is 3.54. The lowest BCUT2D eigenvalue weighted by Crippen LogP contribution is -3.00. The highest BCUT2D eigenvalue weighted by Gasteiger charge is 2.42. The molecule has 2 saturated heterocycles. The average Bonchev–Trinajstić information content (AvgIpc) is 3.05. The number of quaternary nitrogens is 1. The van der Waals surface area contributed by atoms with Crippen molar-refractivity contribution >= 4 is 10.9 Å². The summed E-state index contributed by atoms with van der Waals surface area (Å²) in [4.78, 5) is 5.66. The Morgan fingerprint density at radius 2 is 2.14 bits per heavy atom. The Bertz CT molecular complexity index is 931. The number of aliphatic hydroxyl groups excluding tert-OH is 1. The van der Waals surface area contributed by atoms with Crippen molar-refractivity contribution in [3.8, 4) is 6.19 Å². The van der Waals surface area contributed by atoms with Gasteiger partial charge < -0.3 is 48.2 Å². The molecule has 0 radical (unpaired) electrons. The Labute approximate surface area is 189 Å². The molecule has 3 heterocycles. The van der Waals surface area contributed by atoms with Crippen molar-refractivity contribution in [3.63, 3.8) is 0 Å². The molecule has 3 aliphatic rings. The minimum atomic E-state index is 0. The Kier molecular flexibility index (Phi) is 5.81. The van der Waals surface area contributed by atoms with E-state index in [0.29, 0.717) is 12.5 Å². The summed E-state index contributed by atoms with van der Waals surface area (Å²) in [5.41, 5.74) is 5.30. The van der Waals surface area contributed by atoms with Crippen LogP contribution in [0.5, 0.6) is 0 Å². The van der Waals surface area contributed by atoms with Gasteiger partial charge >= 0.3 is 0 Å². The predicted molar refractivity (Wildman–Crippen MR) is 106 cm³/mol. The summed E-state index contributed by atoms with van der Waals surface area (Å²) in [6, 6.07) is 6.75. The fourth-order valence-electron chi connectivity index (χ4n) is 5.66. The smallest absolute Gasteiger partial charge is 0.179 e. The van der Waals surface area contributed by atoms with Crippen LogP contribution in [0.15, 0.2) is 18.2 Å². The summed E-state index contributed by atoms with van der Waals surface area (Å²) in [6.45, 7) is 5.53. The maximum absolute atomic E-state index is 9.78. The molecule has 2 aliphatic heterocycles. The van der Waals surface area contributed by atoms with Gasteiger partial charge in [-0.25, -0.2) is 0 Å². The van der Waals surface area contributed by atoms with E-state index < -0.39 is 0 Å². The van der Waals surface area contributed by atoms with Gasteiger partial charge in [-0.05, 0) is 30.0 Å². The van der Waals surface area contributed by atoms with Crippen LogP contribution in [0.4, 0.5) is 0 Å². The van der Waals surface area contributed by atoms with Crippen LogP contribution in [0.3, 0.4) is 0 Å². The van der Waals surface area contributed by atoms with Crippen LogP contribution in [0.2, 0.25) is 0 Å². The van der Waals surface area contributed by atoms with Gasteiger partial charge in [0.25, 0.3) is 0 Å². The van der Waals surface area contributed by atoms with Crippen LogP contribution < -0.4 is 24.0 Å². The van der Waals surface area contributed by atoms with Gasteiger partial charge in [0.05, 0.1) is 32.0 Å². The zero-order valence-electron chi connectivity index (χ0n) is 16.9. The van der Waals surface area contributed by atoms with E-state index >= 15 is 0 Å². The second-order valence-corrected chi connectivity index (χ2v) is 9.10. The molecule has 1 unspecified atom stereocenters. The minimum absolute atomic E-state index is 0. The van der Waals surface area contributed by atoms with Crippen LogP contribution in [0.1, 0.15) is 29.2 Å². The summed E-state index contributed by atoms with van der Waals surface area (Å²) < 4.78 is 6.58. The van der Waals surface area contributed by atoms with E-state index in [2.05, 4.69) is 36.4 Å². The minimum Gasteiger partial charge on any atom is -1.00 e. The number of aromatic nitrogens is 1. The number of likely N-dealkylation sites (N-methyl/N-ethyl adjacent to an activating group) is 1. The maximum Gasteiger partial charge on any atom is 0.179 e. The lowest BCUT2D eigenvalue weighted by molar-refractivity contribution is -0.929. The van der Waals surface area contributed by atoms with Crippen molar-refractivity contribution < 1.29 is 38.3 Å². The number of likely N-dealkylation sites (tertiary alicyclic amines) is 1. The molecule has 2 fully saturated rings. The number of nitrogens with one attached hydrogen (secondary N) is 1. The number of piperidine rings is 1. The van der Waals surface area contributed by atoms with Crippen LogP contribution in [0.25, 0.3) is 10.9 Å². The van der Waals surface area contributed by atoms with Gasteiger partial charge in [0.2, 0.25) is 0 Å². The normalized spacial score (nSPS) is 27.8. The molecule has 156 valence electrons. The molecule has 0 spiro atoms. The Morgan fingerprint density at radius 1 is 1.34 bits per heavy atom. The number of fused-ring (bicyclic) bond motifs is 2. The summed E-state index contributed by atoms with van der Waals surface area (Å²) in [6.07, 6.45) is 4.30. The number of halogens is 1. The zero-order chi connectivity index (χ0) is 19.3. The first-order valence-electron chi connectivity index (χ1n) is 10.4. The van der Waals surface area contributed by atoms with Crippen LogP contribution in [0, 0.1) is 17.4 Å². The molecule has 1 aromatic heterocycles. The molecule has 3 atom stereocenters. The first-order valence-corrected chi connectivity index (χ1v) is 10.4. The lowest BCUT2D eigenvalue weighted by Gasteiger charge is -2.44. The number of nitrogens with zero attached hydrogens (tertiary/aromatic N) is 3. The molecule has 2 N–H and O–H groups in total. The molecular formula is C22H29IN4O2. The van der Waals surface area contributed by atoms with Crippen molar-refractivity contribution in [3.05, 3.63) is 35.0 Å². The van der Waals surface area contributed by atoms with Gasteiger partial charge in [-0.3, -0.25) is 0 Å². The van der Waals surface area contributed by atoms with Crippen LogP contribution >= 0.6 is 0 Å². The number of morpholine rings is 1. The number of aliphatic hydroxyl groups is 1. The molecular weight excluding hydrogens is 479 g/mol. The first-order chi connectivity index (χ1) is 13.6. The van der Waals surface area contributed by atoms with E-state index in [1.165, 1.54) is 27.7 Å². The van der Waals surface area contributed by atoms with E-state index in [1.54, 1.807) is 0 Å². The predicted octanol–water partition coefficient (Wildman–Crippen LogP) is -1.05. The fourth-order valence-corrected chi connectivity index (χ4v) is 5.66. The number of rotatable bonds is 3. The van der Waals surface area contributed by atoms with Crippen molar-refractivity contribution in [1.29, 1.82) is 5.26 Å². The van der Waals surface area contributed by atoms with E-state index in [1.807, 2.05) is 4.90 Å². The molecule has 29 heavy (non-hydrogen) atoms. The van der Waals surface area contributed by atoms with Crippen molar-refractivity contribution in [2.45, 2.75) is 31.3 Å². The third-order valence-electron chi connectivity index (χ3n) is 7.25. The Morgan fingerprint density at radius 3 is 2.86 bits per heavy atom. The van der Waals surface area contributed by atoms with Crippen molar-refractivity contribution in [2.75, 3.05) is 46.5 Å². The van der Waals surface area contributed by atoms with E-state index in [0.717, 1.165) is 50.2 Å². The number of hydrogen-bond acceptors (Lipinski definition) is 4. The van der Waals surface area contributed by atoms with Gasteiger partial charge in [0.15, 0.2) is 6.19 Å². The molecule has 0 bridgehead atoms. The fraction of sp³-hybridized carbons (Fsp3) is 0.591. The number of nitriles is 1. The number of H-pyrrole nitrogens is 1. The Balaban J connectivity index is 0.00000205. The summed E-state index contributed by atoms with van der Waals surface area (Å²) in [5, 5.41) is 20.9. The number of hydrogen-bond donors (Lipinski definition) is 2. The van der Waals surface area contributed by atoms with Gasteiger partial charge in [-0.1, -0.05) is 12.1 Å². The summed E-state index contributed by atoms with van der Waals surface area (Å²) >= 11 is 0. The quantitative estimate of drug-likeness (QED) is 0.316. The van der Waals surface area contributed by atoms with Crippen LogP contribution in [-0.4, -0.2) is 72.0 Å². The van der Waals surface area contributed by atoms with E-state index in [9.17, 15) is 10.4 Å². The largest absolute Gasteiger partial charge is 1.00 e. The molecule has 2 aromatic rings. The number of ether oxygens (including phenoxy) is 1. The standard InChI is InChI=1S/C22H29N4O2.HI/c1-26(5-7-28-8-6-26)12-20-18-10-21-17(9-15(13-27)11-25(21)14-23)16-3-2-4-19(24-20)22(16)18;/h2-4,15,17,21,24,27H,5-13H2,1H3;1H/q+1;/p-1/t15-,17?,21-;/m1./s1. The Hall–Kier alpha value is -1.34. The van der Waals surface area contributed by atoms with Crippen molar-refractivity contribution in [1.82, 2.24) is 9.88 Å². The van der Waals surface area contributed by atoms with E-state index in [-0.39, 0.29) is 42.5 Å². The highest BCUT2D eigenvalue weighted by Crippen LogP contribution is 2.45. The number of benzene rings is 1. The second-order valence-electron chi connectivity index (χ2n) is 9.10. The van der Waals surface area contributed by atoms with Gasteiger partial charge in [0, 0.05) is 35.9 Å². The third-order valence-corrected chi connectivity index (χ3v) is 7.25. The number of aromatic amines is 1. The summed E-state index contributed by atoms with van der Waals surface area (Å²) in [5.74, 6) is 0.493. The molecule has 7 heteroatoms. The van der Waals surface area contributed by atoms with Gasteiger partial charge in [-0.2, -0.15) is 5.26 Å². The van der Waals surface area contributed by atoms with Gasteiger partial charge in [0.1, 0.15) is 19.6 Å². The van der Waals surface area contributed by atoms with E-state index in [4.69, 9.17) is 4.74 Å². The average molecular weight is 508 g/mol. The lowest BCUT2D eigenvalue weighted by atomic mass is 9.72. The molecule has 5 rings (SSSR count). The second kappa shape index (κ2) is 8.06. The molecule has 1 aromatic carbocycles. The highest BCUT2D eigenvalue weighted by atomic mass is 127. The highest BCUT2D eigenvalue weighted by molar-refractivity contribution is 5.89. The topological polar surface area (TPSA) is 72.3 Å². The monoisotopic (exact) mass is 508 g/mol. The maximum atomic E-state index is 9.78. The molecule has 0 amide bonds. The molecule has 6 nitrogen and oxygen atoms in total. The summed E-state index contributed by atoms with van der Waals surface area (Å²) in [7, 11) is 2.32.